The maximum Gasteiger partial charge on any atom is 0.227 e. The normalized spacial score (nSPS) is 10.8. The fourth-order valence-electron chi connectivity index (χ4n) is 1.13. The third-order valence-electron chi connectivity index (χ3n) is 2.21. The van der Waals surface area contributed by atoms with Crippen LogP contribution in [0.1, 0.15) is 39.2 Å². The van der Waals surface area contributed by atoms with Crippen LogP contribution in [0.5, 0.6) is 0 Å². The summed E-state index contributed by atoms with van der Waals surface area (Å²) in [5.74, 6) is -0.511. The molecular formula is C14H21BrClFN2S. The first-order chi connectivity index (χ1) is 9.22. The van der Waals surface area contributed by atoms with Gasteiger partial charge >= 0.3 is 0 Å². The van der Waals surface area contributed by atoms with Gasteiger partial charge in [0.1, 0.15) is 0 Å². The lowest BCUT2D eigenvalue weighted by Crippen LogP contribution is -2.09. The van der Waals surface area contributed by atoms with Gasteiger partial charge in [-0.15, -0.1) is 6.58 Å². The van der Waals surface area contributed by atoms with Crippen LogP contribution in [0.15, 0.2) is 23.3 Å². The summed E-state index contributed by atoms with van der Waals surface area (Å²) in [6.07, 6.45) is 5.70. The molecule has 0 aliphatic heterocycles. The SMILES string of the molecule is C=CCCCc1c(Cl)cnc(F)c1Br.CC(C)(C)SN. The number of nitrogens with zero attached hydrogens (tertiary/aromatic N) is 1. The van der Waals surface area contributed by atoms with Gasteiger partial charge in [0, 0.05) is 10.9 Å². The van der Waals surface area contributed by atoms with Crippen LogP contribution >= 0.6 is 39.5 Å². The molecule has 0 fully saturated rings. The van der Waals surface area contributed by atoms with E-state index in [9.17, 15) is 4.39 Å². The summed E-state index contributed by atoms with van der Waals surface area (Å²) < 4.78 is 13.6. The number of unbranched alkanes of at least 4 members (excludes halogenated alkanes) is 1. The van der Waals surface area contributed by atoms with Crippen molar-refractivity contribution in [2.75, 3.05) is 0 Å². The summed E-state index contributed by atoms with van der Waals surface area (Å²) in [4.78, 5) is 3.50. The zero-order chi connectivity index (χ0) is 15.8. The molecule has 2 N–H and O–H groups in total. The second-order valence-corrected chi connectivity index (χ2v) is 7.76. The Hall–Kier alpha value is -0.100. The van der Waals surface area contributed by atoms with Gasteiger partial charge in [0.2, 0.25) is 5.95 Å². The van der Waals surface area contributed by atoms with Gasteiger partial charge in [0.25, 0.3) is 0 Å². The molecule has 1 heterocycles. The van der Waals surface area contributed by atoms with Crippen molar-refractivity contribution in [2.24, 2.45) is 5.14 Å². The van der Waals surface area contributed by atoms with Crippen molar-refractivity contribution in [1.82, 2.24) is 4.98 Å². The zero-order valence-electron chi connectivity index (χ0n) is 12.0. The number of pyridine rings is 1. The minimum atomic E-state index is -0.511. The fourth-order valence-corrected chi connectivity index (χ4v) is 2.00. The van der Waals surface area contributed by atoms with Gasteiger partial charge in [-0.1, -0.05) is 29.6 Å². The molecule has 0 aromatic carbocycles. The zero-order valence-corrected chi connectivity index (χ0v) is 15.2. The quantitative estimate of drug-likeness (QED) is 0.321. The molecule has 0 saturated carbocycles. The third-order valence-corrected chi connectivity index (χ3v) is 4.05. The number of halogens is 3. The van der Waals surface area contributed by atoms with Gasteiger partial charge in [0.15, 0.2) is 0 Å². The van der Waals surface area contributed by atoms with Gasteiger partial charge < -0.3 is 0 Å². The van der Waals surface area contributed by atoms with Crippen molar-refractivity contribution in [1.29, 1.82) is 0 Å². The van der Waals surface area contributed by atoms with Gasteiger partial charge in [0.05, 0.1) is 9.50 Å². The molecular weight excluding hydrogens is 363 g/mol. The van der Waals surface area contributed by atoms with Crippen molar-refractivity contribution in [2.45, 2.75) is 44.8 Å². The second kappa shape index (κ2) is 9.77. The molecule has 0 radical (unpaired) electrons. The minimum absolute atomic E-state index is 0.236. The Balaban J connectivity index is 0.000000511. The molecule has 0 spiro atoms. The van der Waals surface area contributed by atoms with Crippen LogP contribution in [0.2, 0.25) is 5.02 Å². The van der Waals surface area contributed by atoms with E-state index in [0.29, 0.717) is 9.50 Å². The Morgan fingerprint density at radius 3 is 2.55 bits per heavy atom. The van der Waals surface area contributed by atoms with E-state index in [2.05, 4.69) is 48.3 Å². The van der Waals surface area contributed by atoms with E-state index in [1.165, 1.54) is 18.1 Å². The van der Waals surface area contributed by atoms with Gasteiger partial charge in [-0.05, 0) is 61.5 Å². The van der Waals surface area contributed by atoms with E-state index >= 15 is 0 Å². The predicted octanol–water partition coefficient (Wildman–Crippen LogP) is 5.54. The molecule has 0 saturated heterocycles. The molecule has 0 bridgehead atoms. The lowest BCUT2D eigenvalue weighted by molar-refractivity contribution is 0.573. The van der Waals surface area contributed by atoms with Crippen LogP contribution in [-0.2, 0) is 6.42 Å². The van der Waals surface area contributed by atoms with Crippen LogP contribution in [0, 0.1) is 5.95 Å². The lowest BCUT2D eigenvalue weighted by atomic mass is 10.1. The second-order valence-electron chi connectivity index (χ2n) is 5.10. The highest BCUT2D eigenvalue weighted by molar-refractivity contribution is 9.10. The maximum atomic E-state index is 13.0. The van der Waals surface area contributed by atoms with Gasteiger partial charge in [-0.2, -0.15) is 4.39 Å². The molecule has 1 aromatic rings. The van der Waals surface area contributed by atoms with E-state index in [0.717, 1.165) is 24.8 Å². The average molecular weight is 384 g/mol. The Labute approximate surface area is 138 Å². The first-order valence-corrected chi connectivity index (χ1v) is 8.25. The summed E-state index contributed by atoms with van der Waals surface area (Å²) in [5.41, 5.74) is 0.779. The number of aromatic nitrogens is 1. The van der Waals surface area contributed by atoms with Gasteiger partial charge in [-0.3, -0.25) is 5.14 Å². The highest BCUT2D eigenvalue weighted by Crippen LogP contribution is 2.27. The van der Waals surface area contributed by atoms with Crippen molar-refractivity contribution >= 4 is 39.5 Å². The molecule has 1 aromatic heterocycles. The minimum Gasteiger partial charge on any atom is -0.277 e. The van der Waals surface area contributed by atoms with E-state index in [4.69, 9.17) is 16.7 Å². The summed E-state index contributed by atoms with van der Waals surface area (Å²) in [7, 11) is 0. The molecule has 0 unspecified atom stereocenters. The predicted molar refractivity (Wildman–Crippen MR) is 91.6 cm³/mol. The molecule has 2 nitrogen and oxygen atoms in total. The largest absolute Gasteiger partial charge is 0.277 e. The number of nitrogens with two attached hydrogens (primary N) is 1. The maximum absolute atomic E-state index is 13.0. The Morgan fingerprint density at radius 2 is 2.10 bits per heavy atom. The molecule has 20 heavy (non-hydrogen) atoms. The molecule has 0 aliphatic rings. The van der Waals surface area contributed by atoms with Crippen LogP contribution in [0.25, 0.3) is 0 Å². The van der Waals surface area contributed by atoms with E-state index in [1.807, 2.05) is 6.08 Å². The first kappa shape index (κ1) is 19.9. The van der Waals surface area contributed by atoms with E-state index < -0.39 is 5.95 Å². The highest BCUT2D eigenvalue weighted by atomic mass is 79.9. The molecule has 0 amide bonds. The standard InChI is InChI=1S/C10H10BrClFN.C4H11NS/c1-2-3-4-5-7-8(12)6-14-10(13)9(7)11;1-4(2,3)6-5/h2,6H,1,3-5H2;5H2,1-3H3. The smallest absolute Gasteiger partial charge is 0.227 e. The molecule has 114 valence electrons. The van der Waals surface area contributed by atoms with Crippen LogP contribution in [-0.4, -0.2) is 9.73 Å². The number of hydrogen-bond donors (Lipinski definition) is 1. The molecule has 0 atom stereocenters. The van der Waals surface area contributed by atoms with E-state index in [1.54, 1.807) is 0 Å². The summed E-state index contributed by atoms with van der Waals surface area (Å²) in [6, 6.07) is 0. The monoisotopic (exact) mass is 382 g/mol. The van der Waals surface area contributed by atoms with Crippen LogP contribution in [0.4, 0.5) is 4.39 Å². The Morgan fingerprint density at radius 1 is 1.55 bits per heavy atom. The Bertz CT molecular complexity index is 436. The number of allylic oxidation sites excluding steroid dienone is 1. The van der Waals surface area contributed by atoms with Crippen molar-refractivity contribution < 1.29 is 4.39 Å². The van der Waals surface area contributed by atoms with Gasteiger partial charge in [-0.25, -0.2) is 4.98 Å². The summed E-state index contributed by atoms with van der Waals surface area (Å²) >= 11 is 10.4. The summed E-state index contributed by atoms with van der Waals surface area (Å²) in [5, 5.41) is 5.72. The third kappa shape index (κ3) is 8.25. The van der Waals surface area contributed by atoms with Crippen molar-refractivity contribution in [3.63, 3.8) is 0 Å². The van der Waals surface area contributed by atoms with E-state index in [-0.39, 0.29) is 4.75 Å². The van der Waals surface area contributed by atoms with Crippen LogP contribution in [0.3, 0.4) is 0 Å². The fraction of sp³-hybridized carbons (Fsp3) is 0.500. The summed E-state index contributed by atoms with van der Waals surface area (Å²) in [6.45, 7) is 9.87. The van der Waals surface area contributed by atoms with Crippen molar-refractivity contribution in [3.05, 3.63) is 39.9 Å². The van der Waals surface area contributed by atoms with Crippen LogP contribution < -0.4 is 5.14 Å². The molecule has 0 aliphatic carbocycles. The topological polar surface area (TPSA) is 38.9 Å². The molecule has 1 rings (SSSR count). The average Bonchev–Trinajstić information content (AvgIpc) is 2.38. The lowest BCUT2D eigenvalue weighted by Gasteiger charge is -2.11. The van der Waals surface area contributed by atoms with Crippen molar-refractivity contribution in [3.8, 4) is 0 Å². The first-order valence-electron chi connectivity index (χ1n) is 6.20. The molecule has 6 heteroatoms. The highest BCUT2D eigenvalue weighted by Gasteiger charge is 2.10. The Kier molecular flexibility index (Phi) is 9.72. The number of rotatable bonds is 4. The number of hydrogen-bond acceptors (Lipinski definition) is 3.